The standard InChI is InChI=1S/C18H24ClNO2S/c1-5-6-11-18(22-16(21)17(2,3)4)20-15(12-23-18)13-9-7-8-10-14(13)19/h7-10H,5-6,11-12H2,1-4H3. The van der Waals surface area contributed by atoms with Crippen LogP contribution in [0.1, 0.15) is 52.5 Å². The Balaban J connectivity index is 2.30. The summed E-state index contributed by atoms with van der Waals surface area (Å²) in [7, 11) is 0. The first kappa shape index (κ1) is 18.3. The molecule has 1 aromatic rings. The maximum absolute atomic E-state index is 12.4. The van der Waals surface area contributed by atoms with Crippen molar-refractivity contribution in [3.63, 3.8) is 0 Å². The van der Waals surface area contributed by atoms with Crippen molar-refractivity contribution in [2.45, 2.75) is 52.0 Å². The molecule has 0 saturated carbocycles. The second-order valence-corrected chi connectivity index (χ2v) is 8.41. The predicted molar refractivity (Wildman–Crippen MR) is 98.3 cm³/mol. The van der Waals surface area contributed by atoms with E-state index in [0.29, 0.717) is 10.8 Å². The van der Waals surface area contributed by atoms with Crippen molar-refractivity contribution in [3.8, 4) is 0 Å². The van der Waals surface area contributed by atoms with E-state index in [1.165, 1.54) is 0 Å². The summed E-state index contributed by atoms with van der Waals surface area (Å²) >= 11 is 7.86. The molecule has 0 aliphatic carbocycles. The molecule has 1 aliphatic heterocycles. The minimum Gasteiger partial charge on any atom is -0.427 e. The zero-order valence-electron chi connectivity index (χ0n) is 14.2. The number of rotatable bonds is 5. The number of carbonyl (C=O) groups excluding carboxylic acids is 1. The highest BCUT2D eigenvalue weighted by atomic mass is 35.5. The van der Waals surface area contributed by atoms with Crippen LogP contribution in [0.2, 0.25) is 5.02 Å². The summed E-state index contributed by atoms with van der Waals surface area (Å²) in [5, 5.41) is -0.130. The molecule has 126 valence electrons. The van der Waals surface area contributed by atoms with Crippen LogP contribution in [0.25, 0.3) is 0 Å². The molecule has 5 heteroatoms. The molecule has 1 aromatic carbocycles. The minimum atomic E-state index is -0.811. The average Bonchev–Trinajstić information content (AvgIpc) is 2.89. The topological polar surface area (TPSA) is 38.7 Å². The maximum atomic E-state index is 12.4. The van der Waals surface area contributed by atoms with Gasteiger partial charge in [-0.1, -0.05) is 54.9 Å². The van der Waals surface area contributed by atoms with Gasteiger partial charge in [0.05, 0.1) is 11.1 Å². The molecule has 1 aliphatic rings. The number of aliphatic imine (C=N–C) groups is 1. The molecule has 0 spiro atoms. The molecule has 0 saturated heterocycles. The summed E-state index contributed by atoms with van der Waals surface area (Å²) in [6.07, 6.45) is 2.72. The smallest absolute Gasteiger partial charge is 0.314 e. The van der Waals surface area contributed by atoms with Gasteiger partial charge >= 0.3 is 5.97 Å². The highest BCUT2D eigenvalue weighted by Crippen LogP contribution is 2.42. The Labute approximate surface area is 147 Å². The normalized spacial score (nSPS) is 21.2. The number of thioether (sulfide) groups is 1. The van der Waals surface area contributed by atoms with E-state index in [-0.39, 0.29) is 5.97 Å². The van der Waals surface area contributed by atoms with Crippen molar-refractivity contribution in [3.05, 3.63) is 34.9 Å². The Bertz CT molecular complexity index is 609. The average molecular weight is 354 g/mol. The Morgan fingerprint density at radius 2 is 2.09 bits per heavy atom. The molecule has 1 heterocycles. The summed E-state index contributed by atoms with van der Waals surface area (Å²) in [5.74, 6) is 0.482. The third-order valence-corrected chi connectivity index (χ3v) is 5.21. The Kier molecular flexibility index (Phi) is 5.79. The number of carbonyl (C=O) groups is 1. The van der Waals surface area contributed by atoms with Crippen LogP contribution in [0, 0.1) is 5.41 Å². The van der Waals surface area contributed by atoms with Gasteiger partial charge in [0.2, 0.25) is 0 Å². The van der Waals surface area contributed by atoms with E-state index in [2.05, 4.69) is 6.92 Å². The lowest BCUT2D eigenvalue weighted by Crippen LogP contribution is -2.34. The molecular weight excluding hydrogens is 330 g/mol. The van der Waals surface area contributed by atoms with E-state index in [9.17, 15) is 4.79 Å². The van der Waals surface area contributed by atoms with Gasteiger partial charge in [0, 0.05) is 22.8 Å². The monoisotopic (exact) mass is 353 g/mol. The molecule has 0 N–H and O–H groups in total. The van der Waals surface area contributed by atoms with Crippen LogP contribution < -0.4 is 0 Å². The van der Waals surface area contributed by atoms with Gasteiger partial charge in [-0.15, -0.1) is 0 Å². The Hall–Kier alpha value is -1.000. The quantitative estimate of drug-likeness (QED) is 0.673. The van der Waals surface area contributed by atoms with Crippen molar-refractivity contribution in [1.82, 2.24) is 0 Å². The number of hydrogen-bond donors (Lipinski definition) is 0. The zero-order chi connectivity index (χ0) is 17.1. The van der Waals surface area contributed by atoms with Crippen molar-refractivity contribution >= 4 is 35.0 Å². The Morgan fingerprint density at radius 1 is 1.39 bits per heavy atom. The SMILES string of the molecule is CCCCC1(OC(=O)C(C)(C)C)N=C(c2ccccc2Cl)CS1. The molecule has 0 aromatic heterocycles. The van der Waals surface area contributed by atoms with Crippen molar-refractivity contribution < 1.29 is 9.53 Å². The number of ether oxygens (including phenoxy) is 1. The van der Waals surface area contributed by atoms with Gasteiger partial charge in [0.15, 0.2) is 0 Å². The lowest BCUT2D eigenvalue weighted by Gasteiger charge is -2.28. The summed E-state index contributed by atoms with van der Waals surface area (Å²) in [5.41, 5.74) is 1.29. The predicted octanol–water partition coefficient (Wildman–Crippen LogP) is 5.31. The van der Waals surface area contributed by atoms with Crippen LogP contribution in [-0.2, 0) is 9.53 Å². The number of benzene rings is 1. The van der Waals surface area contributed by atoms with E-state index >= 15 is 0 Å². The first-order valence-corrected chi connectivity index (χ1v) is 9.35. The van der Waals surface area contributed by atoms with Crippen LogP contribution in [-0.4, -0.2) is 22.5 Å². The van der Waals surface area contributed by atoms with E-state index in [1.807, 2.05) is 45.0 Å². The zero-order valence-corrected chi connectivity index (χ0v) is 15.8. The van der Waals surface area contributed by atoms with Gasteiger partial charge in [-0.3, -0.25) is 4.79 Å². The molecule has 1 unspecified atom stereocenters. The molecule has 1 atom stereocenters. The first-order chi connectivity index (χ1) is 10.8. The molecular formula is C18H24ClNO2S. The lowest BCUT2D eigenvalue weighted by atomic mass is 9.97. The number of unbranched alkanes of at least 4 members (excludes halogenated alkanes) is 1. The van der Waals surface area contributed by atoms with Crippen molar-refractivity contribution in [2.24, 2.45) is 10.4 Å². The van der Waals surface area contributed by atoms with Gasteiger partial charge in [0.25, 0.3) is 5.06 Å². The van der Waals surface area contributed by atoms with Crippen LogP contribution in [0.4, 0.5) is 0 Å². The fourth-order valence-electron chi connectivity index (χ4n) is 2.21. The minimum absolute atomic E-state index is 0.217. The summed E-state index contributed by atoms with van der Waals surface area (Å²) < 4.78 is 5.85. The third kappa shape index (κ3) is 4.51. The number of hydrogen-bond acceptors (Lipinski definition) is 4. The fraction of sp³-hybridized carbons (Fsp3) is 0.556. The van der Waals surface area contributed by atoms with Crippen LogP contribution in [0.3, 0.4) is 0 Å². The molecule has 23 heavy (non-hydrogen) atoms. The summed E-state index contributed by atoms with van der Waals surface area (Å²) in [6, 6.07) is 7.67. The number of halogens is 1. The van der Waals surface area contributed by atoms with Crippen LogP contribution in [0.5, 0.6) is 0 Å². The van der Waals surface area contributed by atoms with E-state index in [4.69, 9.17) is 21.3 Å². The largest absolute Gasteiger partial charge is 0.427 e. The van der Waals surface area contributed by atoms with E-state index < -0.39 is 10.5 Å². The first-order valence-electron chi connectivity index (χ1n) is 7.98. The molecule has 2 rings (SSSR count). The number of esters is 1. The van der Waals surface area contributed by atoms with Gasteiger partial charge in [-0.25, -0.2) is 4.99 Å². The van der Waals surface area contributed by atoms with Crippen molar-refractivity contribution in [2.75, 3.05) is 5.75 Å². The lowest BCUT2D eigenvalue weighted by molar-refractivity contribution is -0.161. The summed E-state index contributed by atoms with van der Waals surface area (Å²) in [4.78, 5) is 17.2. The van der Waals surface area contributed by atoms with Gasteiger partial charge in [-0.2, -0.15) is 0 Å². The number of nitrogens with zero attached hydrogens (tertiary/aromatic N) is 1. The molecule has 0 fully saturated rings. The summed E-state index contributed by atoms with van der Waals surface area (Å²) in [6.45, 7) is 7.71. The fourth-order valence-corrected chi connectivity index (χ4v) is 3.64. The maximum Gasteiger partial charge on any atom is 0.314 e. The molecule has 0 amide bonds. The van der Waals surface area contributed by atoms with Crippen LogP contribution >= 0.6 is 23.4 Å². The van der Waals surface area contributed by atoms with Crippen molar-refractivity contribution in [1.29, 1.82) is 0 Å². The second-order valence-electron chi connectivity index (χ2n) is 6.78. The molecule has 0 bridgehead atoms. The Morgan fingerprint density at radius 3 is 2.70 bits per heavy atom. The highest BCUT2D eigenvalue weighted by Gasteiger charge is 2.42. The molecule has 0 radical (unpaired) electrons. The molecule has 3 nitrogen and oxygen atoms in total. The second kappa shape index (κ2) is 7.27. The highest BCUT2D eigenvalue weighted by molar-refractivity contribution is 8.01. The van der Waals surface area contributed by atoms with Gasteiger partial charge < -0.3 is 4.74 Å². The van der Waals surface area contributed by atoms with E-state index in [0.717, 1.165) is 30.5 Å². The van der Waals surface area contributed by atoms with E-state index in [1.54, 1.807) is 11.8 Å². The third-order valence-electron chi connectivity index (χ3n) is 3.64. The van der Waals surface area contributed by atoms with Crippen LogP contribution in [0.15, 0.2) is 29.3 Å². The van der Waals surface area contributed by atoms with Gasteiger partial charge in [-0.05, 0) is 33.3 Å². The van der Waals surface area contributed by atoms with Gasteiger partial charge in [0.1, 0.15) is 0 Å².